The number of benzene rings is 2. The first kappa shape index (κ1) is 33.3. The summed E-state index contributed by atoms with van der Waals surface area (Å²) in [4.78, 5) is 49.7. The number of hydrogen-bond acceptors (Lipinski definition) is 10. The van der Waals surface area contributed by atoms with E-state index < -0.39 is 22.8 Å². The zero-order chi connectivity index (χ0) is 31.4. The Bertz CT molecular complexity index is 1430. The van der Waals surface area contributed by atoms with Crippen molar-refractivity contribution in [1.82, 2.24) is 16.0 Å². The van der Waals surface area contributed by atoms with Crippen LogP contribution in [0.1, 0.15) is 49.0 Å². The molecule has 0 aliphatic carbocycles. The minimum atomic E-state index is -0.929. The summed E-state index contributed by atoms with van der Waals surface area (Å²) in [5, 5.41) is 20.6. The Kier molecular flexibility index (Phi) is 12.7. The van der Waals surface area contributed by atoms with Crippen LogP contribution in [0.2, 0.25) is 0 Å². The minimum absolute atomic E-state index is 0.105. The predicted octanol–water partition coefficient (Wildman–Crippen LogP) is 4.36. The summed E-state index contributed by atoms with van der Waals surface area (Å²) in [7, 11) is 0. The summed E-state index contributed by atoms with van der Waals surface area (Å²) in [6.45, 7) is 5.80. The molecule has 2 aromatic rings. The first-order valence-electron chi connectivity index (χ1n) is 13.7. The molecule has 0 radical (unpaired) electrons. The van der Waals surface area contributed by atoms with Gasteiger partial charge in [0.15, 0.2) is 5.11 Å². The van der Waals surface area contributed by atoms with Gasteiger partial charge in [-0.15, -0.1) is 0 Å². The van der Waals surface area contributed by atoms with Crippen LogP contribution in [0.25, 0.3) is 0 Å². The van der Waals surface area contributed by atoms with Gasteiger partial charge in [0.2, 0.25) is 0 Å². The normalized spacial score (nSPS) is 14.4. The van der Waals surface area contributed by atoms with E-state index in [1.807, 2.05) is 6.07 Å². The summed E-state index contributed by atoms with van der Waals surface area (Å²) in [5.74, 6) is -1.42. The molecule has 43 heavy (non-hydrogen) atoms. The average molecular weight is 627 g/mol. The number of carbonyl (C=O) groups is 3. The van der Waals surface area contributed by atoms with E-state index in [1.165, 1.54) is 18.2 Å². The molecule has 1 amide bonds. The highest BCUT2D eigenvalue weighted by Gasteiger charge is 2.39. The first-order valence-corrected chi connectivity index (χ1v) is 15.3. The van der Waals surface area contributed by atoms with Crippen LogP contribution in [0.15, 0.2) is 77.1 Å². The molecule has 0 aromatic heterocycles. The summed E-state index contributed by atoms with van der Waals surface area (Å²) >= 11 is 6.77. The van der Waals surface area contributed by atoms with Crippen LogP contribution in [0.3, 0.4) is 0 Å². The third-order valence-electron chi connectivity index (χ3n) is 6.31. The van der Waals surface area contributed by atoms with Crippen molar-refractivity contribution in [3.8, 4) is 0 Å². The Morgan fingerprint density at radius 2 is 1.70 bits per heavy atom. The molecule has 0 bridgehead atoms. The number of nitro groups is 1. The molecule has 1 unspecified atom stereocenters. The number of non-ortho nitro benzene ring substituents is 1. The Balaban J connectivity index is 1.75. The van der Waals surface area contributed by atoms with Crippen LogP contribution in [0.5, 0.6) is 0 Å². The van der Waals surface area contributed by atoms with Crippen molar-refractivity contribution in [3.05, 3.63) is 98.4 Å². The lowest BCUT2D eigenvalue weighted by Gasteiger charge is -2.31. The van der Waals surface area contributed by atoms with Crippen LogP contribution in [-0.4, -0.2) is 59.1 Å². The molecule has 11 nitrogen and oxygen atoms in total. The molecular weight excluding hydrogens is 592 g/mol. The second-order valence-corrected chi connectivity index (χ2v) is 10.8. The van der Waals surface area contributed by atoms with E-state index in [0.29, 0.717) is 47.0 Å². The third-order valence-corrected chi connectivity index (χ3v) is 7.63. The van der Waals surface area contributed by atoms with Gasteiger partial charge >= 0.3 is 11.9 Å². The van der Waals surface area contributed by atoms with E-state index in [1.54, 1.807) is 62.9 Å². The lowest BCUT2D eigenvalue weighted by Crippen LogP contribution is -2.39. The van der Waals surface area contributed by atoms with Gasteiger partial charge in [0.25, 0.3) is 11.6 Å². The number of nitrogens with one attached hydrogen (secondary N) is 3. The van der Waals surface area contributed by atoms with Crippen molar-refractivity contribution in [2.75, 3.05) is 31.3 Å². The molecule has 13 heteroatoms. The zero-order valence-corrected chi connectivity index (χ0v) is 25.8. The fourth-order valence-electron chi connectivity index (χ4n) is 4.45. The topological polar surface area (TPSA) is 149 Å². The zero-order valence-electron chi connectivity index (χ0n) is 24.1. The van der Waals surface area contributed by atoms with Gasteiger partial charge in [-0.3, -0.25) is 20.2 Å². The van der Waals surface area contributed by atoms with Crippen molar-refractivity contribution in [2.24, 2.45) is 0 Å². The van der Waals surface area contributed by atoms with E-state index in [2.05, 4.69) is 16.0 Å². The van der Waals surface area contributed by atoms with Gasteiger partial charge in [0, 0.05) is 41.4 Å². The highest BCUT2D eigenvalue weighted by atomic mass is 32.2. The summed E-state index contributed by atoms with van der Waals surface area (Å²) < 4.78 is 10.7. The standard InChI is InChI=1S/C30H34N4O7S2/c1-4-40-28(36)24-19(3)32-23(18-43-16-10-15-31-30(42)33-27(35)20-11-7-6-8-12-20)26(29(37)41-5-2)25(24)21-13-9-14-22(17-21)34(38)39/h6-9,11-14,17,25,32H,4-5,10,15-16,18H2,1-3H3,(H2,31,33,35,42). The molecule has 2 aromatic carbocycles. The van der Waals surface area contributed by atoms with Crippen molar-refractivity contribution in [1.29, 1.82) is 0 Å². The Labute approximate surface area is 259 Å². The maximum absolute atomic E-state index is 13.3. The van der Waals surface area contributed by atoms with Crippen molar-refractivity contribution in [2.45, 2.75) is 33.1 Å². The molecule has 228 valence electrons. The van der Waals surface area contributed by atoms with Crippen molar-refractivity contribution in [3.63, 3.8) is 0 Å². The number of nitro benzene ring substituents is 1. The van der Waals surface area contributed by atoms with E-state index in [4.69, 9.17) is 21.7 Å². The van der Waals surface area contributed by atoms with Crippen LogP contribution >= 0.6 is 24.0 Å². The number of rotatable bonds is 13. The van der Waals surface area contributed by atoms with E-state index in [9.17, 15) is 24.5 Å². The smallest absolute Gasteiger partial charge is 0.336 e. The number of hydrogen-bond donors (Lipinski definition) is 3. The van der Waals surface area contributed by atoms with Crippen molar-refractivity contribution >= 4 is 52.6 Å². The number of amides is 1. The molecule has 0 fully saturated rings. The number of allylic oxidation sites excluding steroid dienone is 1. The van der Waals surface area contributed by atoms with E-state index in [0.717, 1.165) is 0 Å². The van der Waals surface area contributed by atoms with Gasteiger partial charge in [0.1, 0.15) is 0 Å². The SMILES string of the molecule is CCOC(=O)C1=C(C)NC(CSCCCNC(=S)NC(=O)c2ccccc2)=C(C(=O)OCC)C1c1cccc([N+](=O)[O-])c1. The van der Waals surface area contributed by atoms with Crippen LogP contribution < -0.4 is 16.0 Å². The maximum Gasteiger partial charge on any atom is 0.336 e. The predicted molar refractivity (Wildman–Crippen MR) is 168 cm³/mol. The van der Waals surface area contributed by atoms with Gasteiger partial charge in [-0.05, 0) is 62.9 Å². The number of esters is 2. The second-order valence-electron chi connectivity index (χ2n) is 9.26. The molecule has 1 aliphatic heterocycles. The fourth-order valence-corrected chi connectivity index (χ4v) is 5.57. The van der Waals surface area contributed by atoms with Gasteiger partial charge < -0.3 is 20.1 Å². The monoisotopic (exact) mass is 626 g/mol. The highest BCUT2D eigenvalue weighted by molar-refractivity contribution is 7.99. The van der Waals surface area contributed by atoms with Gasteiger partial charge in [-0.2, -0.15) is 11.8 Å². The quantitative estimate of drug-likeness (QED) is 0.0957. The number of ether oxygens (including phenoxy) is 2. The van der Waals surface area contributed by atoms with E-state index >= 15 is 0 Å². The molecule has 0 saturated heterocycles. The average Bonchev–Trinajstić information content (AvgIpc) is 2.99. The molecule has 0 saturated carbocycles. The van der Waals surface area contributed by atoms with Gasteiger partial charge in [-0.1, -0.05) is 30.3 Å². The lowest BCUT2D eigenvalue weighted by atomic mass is 9.80. The number of dihydropyridines is 1. The largest absolute Gasteiger partial charge is 0.463 e. The summed E-state index contributed by atoms with van der Waals surface area (Å²) in [6.07, 6.45) is 0.700. The molecule has 3 rings (SSSR count). The number of thioether (sulfide) groups is 1. The second kappa shape index (κ2) is 16.4. The Hall–Kier alpha value is -4.23. The minimum Gasteiger partial charge on any atom is -0.463 e. The highest BCUT2D eigenvalue weighted by Crippen LogP contribution is 2.41. The van der Waals surface area contributed by atoms with Crippen LogP contribution in [0, 0.1) is 10.1 Å². The van der Waals surface area contributed by atoms with Crippen LogP contribution in [0.4, 0.5) is 5.69 Å². The molecule has 1 heterocycles. The maximum atomic E-state index is 13.3. The third kappa shape index (κ3) is 9.13. The first-order chi connectivity index (χ1) is 20.7. The van der Waals surface area contributed by atoms with E-state index in [-0.39, 0.29) is 41.1 Å². The van der Waals surface area contributed by atoms with Crippen molar-refractivity contribution < 1.29 is 28.8 Å². The molecule has 3 N–H and O–H groups in total. The lowest BCUT2D eigenvalue weighted by molar-refractivity contribution is -0.384. The Morgan fingerprint density at radius 3 is 2.35 bits per heavy atom. The summed E-state index contributed by atoms with van der Waals surface area (Å²) in [5.41, 5.74) is 2.16. The van der Waals surface area contributed by atoms with Gasteiger partial charge in [-0.25, -0.2) is 9.59 Å². The molecule has 0 spiro atoms. The summed E-state index contributed by atoms with van der Waals surface area (Å²) in [6, 6.07) is 14.6. The Morgan fingerprint density at radius 1 is 1.02 bits per heavy atom. The van der Waals surface area contributed by atoms with Gasteiger partial charge in [0.05, 0.1) is 35.2 Å². The number of thiocarbonyl (C=S) groups is 1. The fraction of sp³-hybridized carbons (Fsp3) is 0.333. The number of carbonyl (C=O) groups excluding carboxylic acids is 3. The number of nitrogens with zero attached hydrogens (tertiary/aromatic N) is 1. The molecule has 1 atom stereocenters. The molecular formula is C30H34N4O7S2. The molecule has 1 aliphatic rings. The van der Waals surface area contributed by atoms with Crippen LogP contribution in [-0.2, 0) is 19.1 Å².